The highest BCUT2D eigenvalue weighted by molar-refractivity contribution is 5.41. The second-order valence-corrected chi connectivity index (χ2v) is 3.81. The van der Waals surface area contributed by atoms with Crippen LogP contribution in [0.15, 0.2) is 36.9 Å². The third-order valence-electron chi connectivity index (χ3n) is 2.53. The number of hydrogen-bond donors (Lipinski definition) is 0. The van der Waals surface area contributed by atoms with E-state index < -0.39 is 0 Å². The third kappa shape index (κ3) is 4.38. The van der Waals surface area contributed by atoms with Gasteiger partial charge in [0.1, 0.15) is 18.5 Å². The van der Waals surface area contributed by atoms with Crippen molar-refractivity contribution in [2.75, 3.05) is 13.2 Å². The largest absolute Gasteiger partial charge is 0.495 e. The van der Waals surface area contributed by atoms with E-state index in [9.17, 15) is 0 Å². The number of benzene rings is 1. The monoisotopic (exact) mass is 246 g/mol. The molecular formula is C16H22O2. The standard InChI is InChI=1S/C14H16O2.C2H6/c1-3-6-12-7-4-5-8-14(12)11(2)15-9-13-10-16-13;1-2/h3-8,13H,1,9-10H2,2H3;1-2H3/b12-6-,14-11+;. The Morgan fingerprint density at radius 3 is 2.72 bits per heavy atom. The second kappa shape index (κ2) is 7.72. The maximum atomic E-state index is 5.68. The lowest BCUT2D eigenvalue weighted by atomic mass is 10.2. The number of ether oxygens (including phenoxy) is 2. The molecule has 1 unspecified atom stereocenters. The molecule has 2 nitrogen and oxygen atoms in total. The van der Waals surface area contributed by atoms with E-state index in [1.165, 1.54) is 0 Å². The number of allylic oxidation sites excluding steroid dienone is 1. The van der Waals surface area contributed by atoms with Gasteiger partial charge in [0.05, 0.1) is 6.61 Å². The number of epoxide rings is 1. The Morgan fingerprint density at radius 1 is 1.44 bits per heavy atom. The van der Waals surface area contributed by atoms with E-state index >= 15 is 0 Å². The van der Waals surface area contributed by atoms with Crippen LogP contribution >= 0.6 is 0 Å². The van der Waals surface area contributed by atoms with Crippen LogP contribution in [0.1, 0.15) is 20.8 Å². The minimum absolute atomic E-state index is 0.297. The Labute approximate surface area is 109 Å². The highest BCUT2D eigenvalue weighted by atomic mass is 16.6. The van der Waals surface area contributed by atoms with Gasteiger partial charge in [0.15, 0.2) is 0 Å². The van der Waals surface area contributed by atoms with Gasteiger partial charge in [-0.25, -0.2) is 0 Å². The summed E-state index contributed by atoms with van der Waals surface area (Å²) in [7, 11) is 0. The third-order valence-corrected chi connectivity index (χ3v) is 2.53. The molecule has 2 heteroatoms. The van der Waals surface area contributed by atoms with Gasteiger partial charge in [-0.3, -0.25) is 0 Å². The Hall–Kier alpha value is -1.54. The summed E-state index contributed by atoms with van der Waals surface area (Å²) in [5, 5.41) is 2.25. The quantitative estimate of drug-likeness (QED) is 0.760. The van der Waals surface area contributed by atoms with Crippen LogP contribution in [0.3, 0.4) is 0 Å². The van der Waals surface area contributed by atoms with Crippen molar-refractivity contribution in [1.29, 1.82) is 0 Å². The van der Waals surface area contributed by atoms with Gasteiger partial charge in [-0.1, -0.05) is 56.8 Å². The average molecular weight is 246 g/mol. The van der Waals surface area contributed by atoms with Crippen LogP contribution in [0.2, 0.25) is 0 Å². The summed E-state index contributed by atoms with van der Waals surface area (Å²) in [6, 6.07) is 8.13. The van der Waals surface area contributed by atoms with Gasteiger partial charge in [-0.05, 0) is 12.1 Å². The summed E-state index contributed by atoms with van der Waals surface area (Å²) < 4.78 is 10.8. The molecule has 0 spiro atoms. The van der Waals surface area contributed by atoms with Gasteiger partial charge in [-0.15, -0.1) is 0 Å². The van der Waals surface area contributed by atoms with Crippen LogP contribution in [0.25, 0.3) is 11.8 Å². The van der Waals surface area contributed by atoms with Crippen molar-refractivity contribution in [2.24, 2.45) is 0 Å². The molecule has 1 aromatic carbocycles. The number of rotatable bonds is 4. The van der Waals surface area contributed by atoms with Crippen LogP contribution in [0.5, 0.6) is 0 Å². The molecular weight excluding hydrogens is 224 g/mol. The number of hydrogen-bond acceptors (Lipinski definition) is 2. The second-order valence-electron chi connectivity index (χ2n) is 3.81. The Morgan fingerprint density at radius 2 is 2.11 bits per heavy atom. The molecule has 0 aliphatic carbocycles. The molecule has 1 aliphatic heterocycles. The van der Waals surface area contributed by atoms with Crippen molar-refractivity contribution < 1.29 is 9.47 Å². The fourth-order valence-corrected chi connectivity index (χ4v) is 1.55. The molecule has 0 amide bonds. The van der Waals surface area contributed by atoms with E-state index in [2.05, 4.69) is 18.7 Å². The molecule has 1 fully saturated rings. The van der Waals surface area contributed by atoms with Crippen molar-refractivity contribution in [2.45, 2.75) is 26.9 Å². The van der Waals surface area contributed by atoms with Crippen molar-refractivity contribution in [3.8, 4) is 0 Å². The van der Waals surface area contributed by atoms with Crippen molar-refractivity contribution in [3.63, 3.8) is 0 Å². The maximum absolute atomic E-state index is 5.68. The molecule has 0 radical (unpaired) electrons. The Bertz CT molecular complexity index is 484. The first-order chi connectivity index (χ1) is 8.81. The predicted octanol–water partition coefficient (Wildman–Crippen LogP) is 2.22. The van der Waals surface area contributed by atoms with Crippen molar-refractivity contribution in [1.82, 2.24) is 0 Å². The molecule has 98 valence electrons. The zero-order valence-electron chi connectivity index (χ0n) is 11.5. The molecule has 1 aromatic rings. The van der Waals surface area contributed by atoms with Gasteiger partial charge in [0.2, 0.25) is 0 Å². The van der Waals surface area contributed by atoms with E-state index in [0.717, 1.165) is 22.8 Å². The SMILES string of the molecule is C=C/C=c1/cccc/c1=C(/C)OCC1CO1.CC. The first-order valence-electron chi connectivity index (χ1n) is 6.44. The summed E-state index contributed by atoms with van der Waals surface area (Å²) in [6.07, 6.45) is 4.07. The van der Waals surface area contributed by atoms with E-state index in [1.54, 1.807) is 6.08 Å². The summed E-state index contributed by atoms with van der Waals surface area (Å²) >= 11 is 0. The van der Waals surface area contributed by atoms with Crippen molar-refractivity contribution >= 4 is 11.8 Å². The first kappa shape index (κ1) is 14.5. The molecule has 0 bridgehead atoms. The average Bonchev–Trinajstić information content (AvgIpc) is 3.23. The fourth-order valence-electron chi connectivity index (χ4n) is 1.55. The zero-order valence-corrected chi connectivity index (χ0v) is 11.5. The van der Waals surface area contributed by atoms with Gasteiger partial charge >= 0.3 is 0 Å². The van der Waals surface area contributed by atoms with Gasteiger partial charge in [0.25, 0.3) is 0 Å². The van der Waals surface area contributed by atoms with Crippen molar-refractivity contribution in [3.05, 3.63) is 47.4 Å². The Kier molecular flexibility index (Phi) is 6.23. The van der Waals surface area contributed by atoms with E-state index in [-0.39, 0.29) is 0 Å². The molecule has 1 saturated heterocycles. The van der Waals surface area contributed by atoms with Gasteiger partial charge in [0, 0.05) is 5.22 Å². The van der Waals surface area contributed by atoms with Crippen LogP contribution in [0.4, 0.5) is 0 Å². The highest BCUT2D eigenvalue weighted by Gasteiger charge is 2.22. The molecule has 2 rings (SSSR count). The molecule has 0 aromatic heterocycles. The smallest absolute Gasteiger partial charge is 0.116 e. The lowest BCUT2D eigenvalue weighted by Gasteiger charge is -2.04. The topological polar surface area (TPSA) is 21.8 Å². The fraction of sp³-hybridized carbons (Fsp3) is 0.375. The normalized spacial score (nSPS) is 19.5. The van der Waals surface area contributed by atoms with Crippen LogP contribution in [0, 0.1) is 0 Å². The lowest BCUT2D eigenvalue weighted by molar-refractivity contribution is 0.228. The molecule has 0 N–H and O–H groups in total. The lowest BCUT2D eigenvalue weighted by Crippen LogP contribution is -2.26. The van der Waals surface area contributed by atoms with Crippen LogP contribution in [-0.2, 0) is 9.47 Å². The van der Waals surface area contributed by atoms with E-state index in [4.69, 9.17) is 9.47 Å². The van der Waals surface area contributed by atoms with Crippen LogP contribution in [-0.4, -0.2) is 19.3 Å². The maximum Gasteiger partial charge on any atom is 0.116 e. The zero-order chi connectivity index (χ0) is 13.4. The Balaban J connectivity index is 0.000000771. The molecule has 0 saturated carbocycles. The summed E-state index contributed by atoms with van der Waals surface area (Å²) in [5.41, 5.74) is 0. The first-order valence-corrected chi connectivity index (χ1v) is 6.44. The minimum atomic E-state index is 0.297. The molecule has 1 aliphatic rings. The minimum Gasteiger partial charge on any atom is -0.495 e. The molecule has 18 heavy (non-hydrogen) atoms. The summed E-state index contributed by atoms with van der Waals surface area (Å²) in [4.78, 5) is 0. The van der Waals surface area contributed by atoms with E-state index in [1.807, 2.05) is 39.0 Å². The van der Waals surface area contributed by atoms with E-state index in [0.29, 0.717) is 12.7 Å². The van der Waals surface area contributed by atoms with Gasteiger partial charge < -0.3 is 9.47 Å². The predicted molar refractivity (Wildman–Crippen MR) is 76.5 cm³/mol. The van der Waals surface area contributed by atoms with Gasteiger partial charge in [-0.2, -0.15) is 0 Å². The summed E-state index contributed by atoms with van der Waals surface area (Å²) in [5.74, 6) is 0.934. The molecule has 1 atom stereocenters. The van der Waals surface area contributed by atoms with Crippen LogP contribution < -0.4 is 10.4 Å². The molecule has 1 heterocycles. The highest BCUT2D eigenvalue weighted by Crippen LogP contribution is 2.10. The summed E-state index contributed by atoms with van der Waals surface area (Å²) in [6.45, 7) is 11.2.